The molecule has 2 amide bonds. The Hall–Kier alpha value is -0.840. The first-order valence-electron chi connectivity index (χ1n) is 5.58. The van der Waals surface area contributed by atoms with Crippen LogP contribution < -0.4 is 10.6 Å². The average molecular weight is 325 g/mol. The standard InChI is InChI=1S/C12H16Cl3N3O/c1-8-5-4-6-9(7-8)16-10(12(13,14)15)17-11(19)18(2)3/h4-7,10,16H,1-3H3,(H,17,19). The highest BCUT2D eigenvalue weighted by molar-refractivity contribution is 6.68. The van der Waals surface area contributed by atoms with E-state index < -0.39 is 9.96 Å². The summed E-state index contributed by atoms with van der Waals surface area (Å²) in [6, 6.07) is 7.20. The van der Waals surface area contributed by atoms with E-state index >= 15 is 0 Å². The Morgan fingerprint density at radius 2 is 1.95 bits per heavy atom. The van der Waals surface area contributed by atoms with Crippen molar-refractivity contribution in [1.29, 1.82) is 0 Å². The monoisotopic (exact) mass is 323 g/mol. The molecule has 0 aliphatic rings. The molecule has 1 atom stereocenters. The van der Waals surface area contributed by atoms with Crippen LogP contribution in [0.1, 0.15) is 5.56 Å². The van der Waals surface area contributed by atoms with Crippen molar-refractivity contribution < 1.29 is 4.79 Å². The summed E-state index contributed by atoms with van der Waals surface area (Å²) in [5.41, 5.74) is 1.82. The van der Waals surface area contributed by atoms with Gasteiger partial charge in [-0.1, -0.05) is 46.9 Å². The maximum Gasteiger partial charge on any atom is 0.318 e. The van der Waals surface area contributed by atoms with E-state index in [4.69, 9.17) is 34.8 Å². The lowest BCUT2D eigenvalue weighted by atomic mass is 10.2. The zero-order chi connectivity index (χ0) is 14.6. The first-order chi connectivity index (χ1) is 8.70. The number of carbonyl (C=O) groups is 1. The maximum absolute atomic E-state index is 11.7. The van der Waals surface area contributed by atoms with Crippen LogP contribution in [0.3, 0.4) is 0 Å². The van der Waals surface area contributed by atoms with Crippen LogP contribution in [0.2, 0.25) is 0 Å². The van der Waals surface area contributed by atoms with Gasteiger partial charge in [-0.3, -0.25) is 0 Å². The van der Waals surface area contributed by atoms with Gasteiger partial charge in [0.05, 0.1) is 0 Å². The van der Waals surface area contributed by atoms with Gasteiger partial charge < -0.3 is 15.5 Å². The summed E-state index contributed by atoms with van der Waals surface area (Å²) in [6.07, 6.45) is -0.839. The van der Waals surface area contributed by atoms with Gasteiger partial charge in [0.25, 0.3) is 0 Å². The minimum Gasteiger partial charge on any atom is -0.362 e. The lowest BCUT2D eigenvalue weighted by molar-refractivity contribution is 0.214. The van der Waals surface area contributed by atoms with E-state index in [2.05, 4.69) is 10.6 Å². The molecule has 0 aliphatic heterocycles. The highest BCUT2D eigenvalue weighted by Gasteiger charge is 2.34. The number of amides is 2. The van der Waals surface area contributed by atoms with Gasteiger partial charge in [-0.25, -0.2) is 4.79 Å². The molecule has 0 radical (unpaired) electrons. The van der Waals surface area contributed by atoms with E-state index in [1.54, 1.807) is 14.1 Å². The van der Waals surface area contributed by atoms with Crippen LogP contribution in [-0.2, 0) is 0 Å². The van der Waals surface area contributed by atoms with Crippen molar-refractivity contribution >= 4 is 46.5 Å². The second-order valence-corrected chi connectivity index (χ2v) is 6.70. The van der Waals surface area contributed by atoms with Crippen molar-refractivity contribution in [2.75, 3.05) is 19.4 Å². The molecule has 1 aromatic carbocycles. The molecule has 0 saturated carbocycles. The quantitative estimate of drug-likeness (QED) is 0.661. The number of nitrogens with one attached hydrogen (secondary N) is 2. The van der Waals surface area contributed by atoms with Crippen molar-refractivity contribution in [2.24, 2.45) is 0 Å². The summed E-state index contributed by atoms with van der Waals surface area (Å²) in [7, 11) is 3.22. The van der Waals surface area contributed by atoms with E-state index in [0.29, 0.717) is 0 Å². The zero-order valence-corrected chi connectivity index (χ0v) is 13.1. The molecule has 0 aromatic heterocycles. The summed E-state index contributed by atoms with van der Waals surface area (Å²) in [4.78, 5) is 13.0. The van der Waals surface area contributed by atoms with Gasteiger partial charge in [0.1, 0.15) is 6.17 Å². The molecule has 7 heteroatoms. The number of hydrogen-bond donors (Lipinski definition) is 2. The lowest BCUT2D eigenvalue weighted by Gasteiger charge is -2.28. The third-order valence-corrected chi connectivity index (χ3v) is 2.99. The van der Waals surface area contributed by atoms with Gasteiger partial charge in [-0.05, 0) is 24.6 Å². The molecule has 1 aromatic rings. The Bertz CT molecular complexity index is 446. The maximum atomic E-state index is 11.7. The number of benzene rings is 1. The highest BCUT2D eigenvalue weighted by atomic mass is 35.6. The second kappa shape index (κ2) is 6.55. The summed E-state index contributed by atoms with van der Waals surface area (Å²) in [6.45, 7) is 1.95. The fourth-order valence-electron chi connectivity index (χ4n) is 1.35. The van der Waals surface area contributed by atoms with Crippen LogP contribution in [0.25, 0.3) is 0 Å². The van der Waals surface area contributed by atoms with Crippen molar-refractivity contribution in [1.82, 2.24) is 10.2 Å². The number of halogens is 3. The van der Waals surface area contributed by atoms with E-state index in [-0.39, 0.29) is 6.03 Å². The molecular weight excluding hydrogens is 309 g/mol. The van der Waals surface area contributed by atoms with Crippen LogP contribution >= 0.6 is 34.8 Å². The minimum atomic E-state index is -1.67. The Morgan fingerprint density at radius 3 is 2.42 bits per heavy atom. The molecule has 19 heavy (non-hydrogen) atoms. The molecule has 0 spiro atoms. The molecule has 106 valence electrons. The third-order valence-electron chi connectivity index (χ3n) is 2.33. The third kappa shape index (κ3) is 5.35. The summed E-state index contributed by atoms with van der Waals surface area (Å²) in [5.74, 6) is 0. The van der Waals surface area contributed by atoms with Crippen LogP contribution in [0.15, 0.2) is 24.3 Å². The average Bonchev–Trinajstić information content (AvgIpc) is 2.26. The molecule has 0 fully saturated rings. The van der Waals surface area contributed by atoms with Gasteiger partial charge in [0, 0.05) is 19.8 Å². The predicted octanol–water partition coefficient (Wildman–Crippen LogP) is 3.37. The molecule has 1 rings (SSSR count). The second-order valence-electron chi connectivity index (χ2n) is 4.33. The normalized spacial score (nSPS) is 12.7. The molecular formula is C12H16Cl3N3O. The first-order valence-corrected chi connectivity index (χ1v) is 6.71. The number of nitrogens with zero attached hydrogens (tertiary/aromatic N) is 1. The van der Waals surface area contributed by atoms with Crippen molar-refractivity contribution in [3.8, 4) is 0 Å². The Kier molecular flexibility index (Phi) is 5.59. The molecule has 0 aliphatic carbocycles. The van der Waals surface area contributed by atoms with Crippen molar-refractivity contribution in [3.63, 3.8) is 0 Å². The van der Waals surface area contributed by atoms with Gasteiger partial charge in [0.15, 0.2) is 0 Å². The fourth-order valence-corrected chi connectivity index (χ4v) is 1.68. The Labute approximate surface area is 128 Å². The number of hydrogen-bond acceptors (Lipinski definition) is 2. The van der Waals surface area contributed by atoms with Crippen LogP contribution in [-0.4, -0.2) is 35.0 Å². The van der Waals surface area contributed by atoms with E-state index in [1.165, 1.54) is 4.90 Å². The molecule has 4 nitrogen and oxygen atoms in total. The molecule has 0 saturated heterocycles. The van der Waals surface area contributed by atoms with Crippen molar-refractivity contribution in [2.45, 2.75) is 16.9 Å². The SMILES string of the molecule is Cc1cccc(NC(NC(=O)N(C)C)C(Cl)(Cl)Cl)c1. The smallest absolute Gasteiger partial charge is 0.318 e. The number of alkyl halides is 3. The van der Waals surface area contributed by atoms with Gasteiger partial charge in [-0.15, -0.1) is 0 Å². The van der Waals surface area contributed by atoms with Gasteiger partial charge in [-0.2, -0.15) is 0 Å². The topological polar surface area (TPSA) is 44.4 Å². The summed E-state index contributed by atoms with van der Waals surface area (Å²) in [5, 5.41) is 5.60. The lowest BCUT2D eigenvalue weighted by Crippen LogP contribution is -2.52. The first kappa shape index (κ1) is 16.2. The van der Waals surface area contributed by atoms with Gasteiger partial charge in [0.2, 0.25) is 3.79 Å². The highest BCUT2D eigenvalue weighted by Crippen LogP contribution is 2.31. The molecule has 1 unspecified atom stereocenters. The molecule has 2 N–H and O–H groups in total. The fraction of sp³-hybridized carbons (Fsp3) is 0.417. The zero-order valence-electron chi connectivity index (χ0n) is 10.9. The molecule has 0 bridgehead atoms. The van der Waals surface area contributed by atoms with Crippen molar-refractivity contribution in [3.05, 3.63) is 29.8 Å². The van der Waals surface area contributed by atoms with E-state index in [9.17, 15) is 4.79 Å². The number of anilines is 1. The van der Waals surface area contributed by atoms with Gasteiger partial charge >= 0.3 is 6.03 Å². The minimum absolute atomic E-state index is 0.350. The number of urea groups is 1. The van der Waals surface area contributed by atoms with Crippen LogP contribution in [0.4, 0.5) is 10.5 Å². The Balaban J connectivity index is 2.84. The number of rotatable bonds is 3. The largest absolute Gasteiger partial charge is 0.362 e. The van der Waals surface area contributed by atoms with Crippen LogP contribution in [0.5, 0.6) is 0 Å². The molecule has 0 heterocycles. The van der Waals surface area contributed by atoms with Crippen LogP contribution in [0, 0.1) is 6.92 Å². The Morgan fingerprint density at radius 1 is 1.32 bits per heavy atom. The summed E-state index contributed by atoms with van der Waals surface area (Å²) < 4.78 is -1.67. The number of aryl methyl sites for hydroxylation is 1. The van der Waals surface area contributed by atoms with E-state index in [1.807, 2.05) is 31.2 Å². The summed E-state index contributed by atoms with van der Waals surface area (Å²) >= 11 is 17.6. The van der Waals surface area contributed by atoms with E-state index in [0.717, 1.165) is 11.3 Å². The predicted molar refractivity (Wildman–Crippen MR) is 81.1 cm³/mol. The number of carbonyl (C=O) groups excluding carboxylic acids is 1.